The van der Waals surface area contributed by atoms with Crippen molar-refractivity contribution in [2.45, 2.75) is 25.5 Å². The lowest BCUT2D eigenvalue weighted by Crippen LogP contribution is -2.33. The molecule has 1 unspecified atom stereocenters. The number of rotatable bonds is 6. The lowest BCUT2D eigenvalue weighted by Gasteiger charge is -2.13. The molecular formula is C21H20ClN3O4S. The largest absolute Gasteiger partial charge is 0.424 e. The molecule has 0 radical (unpaired) electrons. The molecule has 0 spiro atoms. The van der Waals surface area contributed by atoms with Crippen LogP contribution in [0.1, 0.15) is 20.3 Å². The molecule has 1 N–H and O–H groups in total. The van der Waals surface area contributed by atoms with Crippen LogP contribution in [0.25, 0.3) is 0 Å². The van der Waals surface area contributed by atoms with Crippen molar-refractivity contribution in [3.8, 4) is 5.75 Å². The Balaban J connectivity index is 1.71. The number of para-hydroxylation sites is 2. The third kappa shape index (κ3) is 5.40. The van der Waals surface area contributed by atoms with Gasteiger partial charge in [-0.1, -0.05) is 35.5 Å². The first kappa shape index (κ1) is 21.9. The number of esters is 1. The van der Waals surface area contributed by atoms with Crippen LogP contribution in [0.15, 0.2) is 53.5 Å². The van der Waals surface area contributed by atoms with Gasteiger partial charge in [0.15, 0.2) is 10.9 Å². The number of amidine groups is 1. The molecule has 7 nitrogen and oxygen atoms in total. The molecule has 3 rings (SSSR count). The first-order chi connectivity index (χ1) is 14.4. The van der Waals surface area contributed by atoms with Crippen LogP contribution in [0.5, 0.6) is 5.75 Å². The lowest BCUT2D eigenvalue weighted by atomic mass is 10.2. The third-order valence-electron chi connectivity index (χ3n) is 4.17. The standard InChI is InChI=1S/C21H20ClN3O4S/c1-3-25-20(28)18(30-21(25)23-15-10-8-14(22)9-11-15)12-19(27)24-16-6-4-5-7-17(16)29-13(2)26/h4-11,18H,3,12H2,1-2H3,(H,24,27). The molecule has 1 atom stereocenters. The Morgan fingerprint density at radius 2 is 1.90 bits per heavy atom. The summed E-state index contributed by atoms with van der Waals surface area (Å²) in [5, 5.41) is 3.27. The van der Waals surface area contributed by atoms with Crippen LogP contribution in [-0.2, 0) is 14.4 Å². The zero-order valence-corrected chi connectivity index (χ0v) is 18.0. The Morgan fingerprint density at radius 1 is 1.20 bits per heavy atom. The Kier molecular flexibility index (Phi) is 7.12. The molecule has 0 saturated carbocycles. The number of hydrogen-bond donors (Lipinski definition) is 1. The Hall–Kier alpha value is -2.84. The molecule has 1 saturated heterocycles. The molecule has 1 aliphatic rings. The molecule has 1 aliphatic heterocycles. The summed E-state index contributed by atoms with van der Waals surface area (Å²) in [4.78, 5) is 42.6. The van der Waals surface area contributed by atoms with Gasteiger partial charge in [-0.2, -0.15) is 0 Å². The topological polar surface area (TPSA) is 88.1 Å². The molecule has 30 heavy (non-hydrogen) atoms. The Morgan fingerprint density at radius 3 is 2.57 bits per heavy atom. The van der Waals surface area contributed by atoms with Crippen LogP contribution in [0, 0.1) is 0 Å². The van der Waals surface area contributed by atoms with Gasteiger partial charge in [0, 0.05) is 24.9 Å². The summed E-state index contributed by atoms with van der Waals surface area (Å²) in [7, 11) is 0. The summed E-state index contributed by atoms with van der Waals surface area (Å²) in [6, 6.07) is 13.6. The quantitative estimate of drug-likeness (QED) is 0.530. The maximum Gasteiger partial charge on any atom is 0.308 e. The first-order valence-corrected chi connectivity index (χ1v) is 10.5. The van der Waals surface area contributed by atoms with Gasteiger partial charge in [0.1, 0.15) is 5.25 Å². The summed E-state index contributed by atoms with van der Waals surface area (Å²) in [6.45, 7) is 3.59. The van der Waals surface area contributed by atoms with Crippen molar-refractivity contribution in [1.29, 1.82) is 0 Å². The average Bonchev–Trinajstić information content (AvgIpc) is 2.99. The number of nitrogens with one attached hydrogen (secondary N) is 1. The summed E-state index contributed by atoms with van der Waals surface area (Å²) in [5.74, 6) is -0.758. The van der Waals surface area contributed by atoms with Crippen molar-refractivity contribution < 1.29 is 19.1 Å². The summed E-state index contributed by atoms with van der Waals surface area (Å²) in [6.07, 6.45) is -0.0337. The fourth-order valence-corrected chi connectivity index (χ4v) is 4.17. The Bertz CT molecular complexity index is 994. The van der Waals surface area contributed by atoms with E-state index in [1.54, 1.807) is 53.4 Å². The van der Waals surface area contributed by atoms with Crippen molar-refractivity contribution in [2.75, 3.05) is 11.9 Å². The van der Waals surface area contributed by atoms with Gasteiger partial charge in [0.2, 0.25) is 11.8 Å². The predicted molar refractivity (Wildman–Crippen MR) is 118 cm³/mol. The number of benzene rings is 2. The van der Waals surface area contributed by atoms with E-state index in [4.69, 9.17) is 16.3 Å². The van der Waals surface area contributed by atoms with Crippen LogP contribution < -0.4 is 10.1 Å². The summed E-state index contributed by atoms with van der Waals surface area (Å²) >= 11 is 7.15. The van der Waals surface area contributed by atoms with Crippen molar-refractivity contribution in [1.82, 2.24) is 4.90 Å². The van der Waals surface area contributed by atoms with E-state index in [0.29, 0.717) is 28.1 Å². The second-order valence-electron chi connectivity index (χ2n) is 6.40. The highest BCUT2D eigenvalue weighted by molar-refractivity contribution is 8.15. The SMILES string of the molecule is CCN1C(=O)C(CC(=O)Nc2ccccc2OC(C)=O)SC1=Nc1ccc(Cl)cc1. The highest BCUT2D eigenvalue weighted by Gasteiger charge is 2.38. The molecule has 2 aromatic rings. The maximum absolute atomic E-state index is 12.7. The number of aliphatic imine (C=N–C) groups is 1. The number of amides is 2. The zero-order chi connectivity index (χ0) is 21.7. The molecule has 0 aliphatic carbocycles. The molecule has 9 heteroatoms. The van der Waals surface area contributed by atoms with Crippen LogP contribution in [0.2, 0.25) is 5.02 Å². The second kappa shape index (κ2) is 9.77. The fraction of sp³-hybridized carbons (Fsp3) is 0.238. The van der Waals surface area contributed by atoms with Gasteiger partial charge in [0.25, 0.3) is 0 Å². The van der Waals surface area contributed by atoms with Crippen molar-refractivity contribution in [2.24, 2.45) is 4.99 Å². The summed E-state index contributed by atoms with van der Waals surface area (Å²) < 4.78 is 5.10. The van der Waals surface area contributed by atoms with Gasteiger partial charge in [-0.15, -0.1) is 0 Å². The van der Waals surface area contributed by atoms with E-state index in [1.807, 2.05) is 6.92 Å². The van der Waals surface area contributed by atoms with E-state index in [0.717, 1.165) is 0 Å². The minimum Gasteiger partial charge on any atom is -0.424 e. The number of hydrogen-bond acceptors (Lipinski definition) is 6. The normalized spacial score (nSPS) is 17.3. The highest BCUT2D eigenvalue weighted by Crippen LogP contribution is 2.32. The van der Waals surface area contributed by atoms with Crippen molar-refractivity contribution >= 4 is 57.7 Å². The van der Waals surface area contributed by atoms with Crippen LogP contribution in [-0.4, -0.2) is 39.6 Å². The van der Waals surface area contributed by atoms with Crippen LogP contribution >= 0.6 is 23.4 Å². The minimum atomic E-state index is -0.586. The van der Waals surface area contributed by atoms with E-state index in [2.05, 4.69) is 10.3 Å². The number of anilines is 1. The Labute approximate surface area is 183 Å². The third-order valence-corrected chi connectivity index (χ3v) is 5.60. The van der Waals surface area contributed by atoms with Gasteiger partial charge in [-0.05, 0) is 43.3 Å². The van der Waals surface area contributed by atoms with E-state index in [-0.39, 0.29) is 24.0 Å². The highest BCUT2D eigenvalue weighted by atomic mass is 35.5. The van der Waals surface area contributed by atoms with Crippen molar-refractivity contribution in [3.63, 3.8) is 0 Å². The fourth-order valence-electron chi connectivity index (χ4n) is 2.83. The smallest absolute Gasteiger partial charge is 0.308 e. The maximum atomic E-state index is 12.7. The number of carbonyl (C=O) groups is 3. The molecule has 1 heterocycles. The minimum absolute atomic E-state index is 0.0337. The zero-order valence-electron chi connectivity index (χ0n) is 16.4. The monoisotopic (exact) mass is 445 g/mol. The molecule has 2 aromatic carbocycles. The first-order valence-electron chi connectivity index (χ1n) is 9.27. The predicted octanol–water partition coefficient (Wildman–Crippen LogP) is 4.25. The van der Waals surface area contributed by atoms with E-state index in [1.165, 1.54) is 18.7 Å². The average molecular weight is 446 g/mol. The van der Waals surface area contributed by atoms with Gasteiger partial charge >= 0.3 is 5.97 Å². The van der Waals surface area contributed by atoms with Gasteiger partial charge in [-0.3, -0.25) is 19.3 Å². The number of halogens is 1. The van der Waals surface area contributed by atoms with E-state index in [9.17, 15) is 14.4 Å². The molecule has 1 fully saturated rings. The van der Waals surface area contributed by atoms with Crippen molar-refractivity contribution in [3.05, 3.63) is 53.6 Å². The van der Waals surface area contributed by atoms with Gasteiger partial charge < -0.3 is 10.1 Å². The van der Waals surface area contributed by atoms with E-state index < -0.39 is 11.2 Å². The molecular weight excluding hydrogens is 426 g/mol. The summed E-state index contributed by atoms with van der Waals surface area (Å²) in [5.41, 5.74) is 1.05. The molecule has 156 valence electrons. The van der Waals surface area contributed by atoms with E-state index >= 15 is 0 Å². The number of carbonyl (C=O) groups excluding carboxylic acids is 3. The molecule has 0 aromatic heterocycles. The van der Waals surface area contributed by atoms with Gasteiger partial charge in [-0.25, -0.2) is 4.99 Å². The molecule has 2 amide bonds. The number of nitrogens with zero attached hydrogens (tertiary/aromatic N) is 2. The van der Waals surface area contributed by atoms with Crippen LogP contribution in [0.4, 0.5) is 11.4 Å². The van der Waals surface area contributed by atoms with Gasteiger partial charge in [0.05, 0.1) is 11.4 Å². The second-order valence-corrected chi connectivity index (χ2v) is 8.01. The molecule has 0 bridgehead atoms. The lowest BCUT2D eigenvalue weighted by molar-refractivity contribution is -0.132. The van der Waals surface area contributed by atoms with Crippen LogP contribution in [0.3, 0.4) is 0 Å². The number of thioether (sulfide) groups is 1. The number of ether oxygens (including phenoxy) is 1.